The Bertz CT molecular complexity index is 577. The van der Waals surface area contributed by atoms with E-state index >= 15 is 0 Å². The molecule has 1 atom stereocenters. The summed E-state index contributed by atoms with van der Waals surface area (Å²) in [6.45, 7) is 6.34. The minimum Gasteiger partial charge on any atom is -0.452 e. The fourth-order valence-electron chi connectivity index (χ4n) is 2.60. The summed E-state index contributed by atoms with van der Waals surface area (Å²) < 4.78 is 5.27. The molecule has 24 heavy (non-hydrogen) atoms. The number of nitrogens with zero attached hydrogens (tertiary/aromatic N) is 1. The lowest BCUT2D eigenvalue weighted by Gasteiger charge is -2.31. The number of carbonyl (C=O) groups excluding carboxylic acids is 3. The summed E-state index contributed by atoms with van der Waals surface area (Å²) in [5.41, 5.74) is 0. The second-order valence-corrected chi connectivity index (χ2v) is 7.23. The zero-order chi connectivity index (χ0) is 17.7. The third-order valence-electron chi connectivity index (χ3n) is 3.94. The van der Waals surface area contributed by atoms with E-state index in [9.17, 15) is 14.4 Å². The monoisotopic (exact) mass is 352 g/mol. The number of carbonyl (C=O) groups is 3. The molecule has 1 aliphatic heterocycles. The summed E-state index contributed by atoms with van der Waals surface area (Å²) >= 11 is 1.42. The molecule has 0 aromatic carbocycles. The number of likely N-dealkylation sites (tertiary alicyclic amines) is 1. The first-order valence-corrected chi connectivity index (χ1v) is 9.10. The predicted octanol–water partition coefficient (Wildman–Crippen LogP) is 2.06. The van der Waals surface area contributed by atoms with Gasteiger partial charge >= 0.3 is 5.97 Å². The van der Waals surface area contributed by atoms with Crippen molar-refractivity contribution in [3.05, 3.63) is 22.4 Å². The Morgan fingerprint density at radius 3 is 2.46 bits per heavy atom. The molecule has 0 spiro atoms. The number of esters is 1. The van der Waals surface area contributed by atoms with E-state index in [-0.39, 0.29) is 29.7 Å². The molecule has 0 aliphatic carbocycles. The smallest absolute Gasteiger partial charge is 0.309 e. The van der Waals surface area contributed by atoms with Gasteiger partial charge in [-0.3, -0.25) is 14.4 Å². The third kappa shape index (κ3) is 4.80. The number of thiophene rings is 1. The van der Waals surface area contributed by atoms with Gasteiger partial charge in [0.25, 0.3) is 11.8 Å². The SMILES string of the molecule is CC(C)NC(=O)C(C)OC(=O)C1CCN(C(=O)c2cccs2)CC1. The van der Waals surface area contributed by atoms with Crippen molar-refractivity contribution in [2.75, 3.05) is 13.1 Å². The molecular formula is C17H24N2O4S. The highest BCUT2D eigenvalue weighted by Crippen LogP contribution is 2.22. The number of nitrogens with one attached hydrogen (secondary N) is 1. The van der Waals surface area contributed by atoms with E-state index in [0.717, 1.165) is 4.88 Å². The number of piperidine rings is 1. The average Bonchev–Trinajstić information content (AvgIpc) is 3.08. The Labute approximate surface area is 146 Å². The molecule has 132 valence electrons. The van der Waals surface area contributed by atoms with E-state index < -0.39 is 6.10 Å². The first-order chi connectivity index (χ1) is 11.4. The highest BCUT2D eigenvalue weighted by Gasteiger charge is 2.31. The Balaban J connectivity index is 1.80. The zero-order valence-corrected chi connectivity index (χ0v) is 15.1. The summed E-state index contributed by atoms with van der Waals surface area (Å²) in [7, 11) is 0. The molecule has 1 aromatic heterocycles. The van der Waals surface area contributed by atoms with E-state index in [2.05, 4.69) is 5.32 Å². The predicted molar refractivity (Wildman–Crippen MR) is 91.8 cm³/mol. The first-order valence-electron chi connectivity index (χ1n) is 8.22. The van der Waals surface area contributed by atoms with Gasteiger partial charge in [0.2, 0.25) is 0 Å². The van der Waals surface area contributed by atoms with Gasteiger partial charge in [-0.2, -0.15) is 0 Å². The second-order valence-electron chi connectivity index (χ2n) is 6.29. The van der Waals surface area contributed by atoms with E-state index in [1.165, 1.54) is 11.3 Å². The molecule has 0 saturated carbocycles. The third-order valence-corrected chi connectivity index (χ3v) is 4.80. The first kappa shape index (κ1) is 18.4. The van der Waals surface area contributed by atoms with Crippen molar-refractivity contribution in [2.45, 2.75) is 45.8 Å². The molecule has 0 bridgehead atoms. The van der Waals surface area contributed by atoms with Gasteiger partial charge < -0.3 is 15.0 Å². The van der Waals surface area contributed by atoms with Crippen LogP contribution in [0.25, 0.3) is 0 Å². The topological polar surface area (TPSA) is 75.7 Å². The van der Waals surface area contributed by atoms with Crippen LogP contribution in [0.5, 0.6) is 0 Å². The van der Waals surface area contributed by atoms with Gasteiger partial charge in [-0.1, -0.05) is 6.07 Å². The van der Waals surface area contributed by atoms with Gasteiger partial charge in [-0.05, 0) is 45.1 Å². The number of ether oxygens (including phenoxy) is 1. The summed E-state index contributed by atoms with van der Waals surface area (Å²) in [5.74, 6) is -0.888. The summed E-state index contributed by atoms with van der Waals surface area (Å²) in [6, 6.07) is 3.67. The maximum absolute atomic E-state index is 12.3. The fraction of sp³-hybridized carbons (Fsp3) is 0.588. The Morgan fingerprint density at radius 1 is 1.25 bits per heavy atom. The van der Waals surface area contributed by atoms with Gasteiger partial charge in [0.05, 0.1) is 10.8 Å². The van der Waals surface area contributed by atoms with E-state index in [1.807, 2.05) is 31.4 Å². The standard InChI is InChI=1S/C17H24N2O4S/c1-11(2)18-15(20)12(3)23-17(22)13-6-8-19(9-7-13)16(21)14-5-4-10-24-14/h4-5,10-13H,6-9H2,1-3H3,(H,18,20). The minimum atomic E-state index is -0.800. The van der Waals surface area contributed by atoms with Gasteiger partial charge in [0, 0.05) is 19.1 Å². The summed E-state index contributed by atoms with van der Waals surface area (Å²) in [4.78, 5) is 38.8. The zero-order valence-electron chi connectivity index (χ0n) is 14.3. The quantitative estimate of drug-likeness (QED) is 0.823. The van der Waals surface area contributed by atoms with Crippen molar-refractivity contribution in [3.63, 3.8) is 0 Å². The van der Waals surface area contributed by atoms with Crippen LogP contribution in [0.4, 0.5) is 0 Å². The maximum atomic E-state index is 12.3. The van der Waals surface area contributed by atoms with Gasteiger partial charge in [0.1, 0.15) is 0 Å². The van der Waals surface area contributed by atoms with Crippen LogP contribution in [0.15, 0.2) is 17.5 Å². The van der Waals surface area contributed by atoms with Crippen LogP contribution in [-0.4, -0.2) is 47.9 Å². The molecule has 2 heterocycles. The normalized spacial score (nSPS) is 16.8. The van der Waals surface area contributed by atoms with Crippen LogP contribution >= 0.6 is 11.3 Å². The molecule has 0 radical (unpaired) electrons. The Kier molecular flexibility index (Phi) is 6.36. The van der Waals surface area contributed by atoms with Crippen molar-refractivity contribution in [1.82, 2.24) is 10.2 Å². The molecular weight excluding hydrogens is 328 g/mol. The van der Waals surface area contributed by atoms with Crippen LogP contribution in [0, 0.1) is 5.92 Å². The highest BCUT2D eigenvalue weighted by atomic mass is 32.1. The van der Waals surface area contributed by atoms with Crippen LogP contribution in [0.2, 0.25) is 0 Å². The lowest BCUT2D eigenvalue weighted by Crippen LogP contribution is -2.43. The van der Waals surface area contributed by atoms with E-state index in [1.54, 1.807) is 11.8 Å². The molecule has 7 heteroatoms. The number of hydrogen-bond donors (Lipinski definition) is 1. The van der Waals surface area contributed by atoms with E-state index in [4.69, 9.17) is 4.74 Å². The second kappa shape index (κ2) is 8.28. The van der Waals surface area contributed by atoms with Crippen LogP contribution in [-0.2, 0) is 14.3 Å². The van der Waals surface area contributed by atoms with Crippen LogP contribution < -0.4 is 5.32 Å². The molecule has 1 saturated heterocycles. The molecule has 1 aromatic rings. The van der Waals surface area contributed by atoms with E-state index in [0.29, 0.717) is 25.9 Å². The number of rotatable bonds is 5. The molecule has 6 nitrogen and oxygen atoms in total. The molecule has 1 unspecified atom stereocenters. The number of amides is 2. The highest BCUT2D eigenvalue weighted by molar-refractivity contribution is 7.12. The number of hydrogen-bond acceptors (Lipinski definition) is 5. The molecule has 1 N–H and O–H groups in total. The minimum absolute atomic E-state index is 0.00477. The Morgan fingerprint density at radius 2 is 1.92 bits per heavy atom. The van der Waals surface area contributed by atoms with Gasteiger partial charge in [0.15, 0.2) is 6.10 Å². The molecule has 2 rings (SSSR count). The summed E-state index contributed by atoms with van der Waals surface area (Å²) in [5, 5.41) is 4.60. The molecule has 2 amide bonds. The molecule has 1 aliphatic rings. The van der Waals surface area contributed by atoms with Crippen molar-refractivity contribution in [3.8, 4) is 0 Å². The average molecular weight is 352 g/mol. The lowest BCUT2D eigenvalue weighted by molar-refractivity contribution is -0.160. The van der Waals surface area contributed by atoms with Crippen LogP contribution in [0.3, 0.4) is 0 Å². The van der Waals surface area contributed by atoms with Crippen molar-refractivity contribution < 1.29 is 19.1 Å². The largest absolute Gasteiger partial charge is 0.452 e. The van der Waals surface area contributed by atoms with Crippen molar-refractivity contribution >= 4 is 29.1 Å². The van der Waals surface area contributed by atoms with Crippen molar-refractivity contribution in [2.24, 2.45) is 5.92 Å². The summed E-state index contributed by atoms with van der Waals surface area (Å²) in [6.07, 6.45) is 0.328. The maximum Gasteiger partial charge on any atom is 0.309 e. The fourth-order valence-corrected chi connectivity index (χ4v) is 3.29. The van der Waals surface area contributed by atoms with Crippen LogP contribution in [0.1, 0.15) is 43.3 Å². The van der Waals surface area contributed by atoms with Gasteiger partial charge in [-0.25, -0.2) is 0 Å². The van der Waals surface area contributed by atoms with Gasteiger partial charge in [-0.15, -0.1) is 11.3 Å². The van der Waals surface area contributed by atoms with Crippen molar-refractivity contribution in [1.29, 1.82) is 0 Å². The molecule has 1 fully saturated rings. The Hall–Kier alpha value is -1.89. The lowest BCUT2D eigenvalue weighted by atomic mass is 9.97.